The van der Waals surface area contributed by atoms with Gasteiger partial charge in [-0.3, -0.25) is 9.36 Å². The molecule has 1 aliphatic heterocycles. The van der Waals surface area contributed by atoms with Gasteiger partial charge in [-0.2, -0.15) is 0 Å². The zero-order chi connectivity index (χ0) is 26.5. The maximum atomic E-state index is 13.7. The molecule has 0 radical (unpaired) electrons. The first-order chi connectivity index (χ1) is 17.9. The van der Waals surface area contributed by atoms with Crippen LogP contribution >= 0.6 is 22.9 Å². The normalized spacial score (nSPS) is 15.0. The standard InChI is InChI=1S/C28H25ClN2O5S/c1-5-14-36-21-13-8-18(15-22(21)34-6-2)16-23-26(32)31-25(19-9-11-20(29)12-10-19)24(27(33)35-7-3)17(4)30-28(31)37-23/h1,8-13,15-16,25H,6-7,14H2,2-4H3/b23-16-/t25-/m0/s1. The number of benzene rings is 2. The number of aromatic nitrogens is 1. The summed E-state index contributed by atoms with van der Waals surface area (Å²) < 4.78 is 18.6. The van der Waals surface area contributed by atoms with Crippen LogP contribution in [0.25, 0.3) is 6.08 Å². The van der Waals surface area contributed by atoms with Gasteiger partial charge >= 0.3 is 5.97 Å². The second kappa shape index (κ2) is 11.5. The van der Waals surface area contributed by atoms with Gasteiger partial charge in [0.05, 0.1) is 35.1 Å². The lowest BCUT2D eigenvalue weighted by molar-refractivity contribution is -0.139. The number of ether oxygens (including phenoxy) is 3. The summed E-state index contributed by atoms with van der Waals surface area (Å²) in [7, 11) is 0. The smallest absolute Gasteiger partial charge is 0.338 e. The average molecular weight is 537 g/mol. The summed E-state index contributed by atoms with van der Waals surface area (Å²) in [5.74, 6) is 2.97. The van der Waals surface area contributed by atoms with E-state index < -0.39 is 12.0 Å². The van der Waals surface area contributed by atoms with Crippen molar-refractivity contribution in [3.05, 3.63) is 89.6 Å². The number of halogens is 1. The number of allylic oxidation sites excluding steroid dienone is 1. The van der Waals surface area contributed by atoms with E-state index >= 15 is 0 Å². The SMILES string of the molecule is C#CCOc1ccc(/C=c2\sc3n(c2=O)[C@@H](c2ccc(Cl)cc2)C(C(=O)OCC)=C(C)N=3)cc1OCC. The van der Waals surface area contributed by atoms with Crippen LogP contribution < -0.4 is 24.4 Å². The Labute approximate surface area is 223 Å². The van der Waals surface area contributed by atoms with E-state index in [9.17, 15) is 9.59 Å². The van der Waals surface area contributed by atoms with Crippen molar-refractivity contribution in [2.45, 2.75) is 26.8 Å². The summed E-state index contributed by atoms with van der Waals surface area (Å²) in [6.07, 6.45) is 7.07. The molecule has 7 nitrogen and oxygen atoms in total. The van der Waals surface area contributed by atoms with Gasteiger partial charge in [-0.1, -0.05) is 47.1 Å². The van der Waals surface area contributed by atoms with Crippen molar-refractivity contribution in [1.82, 2.24) is 4.57 Å². The molecule has 2 aromatic carbocycles. The maximum Gasteiger partial charge on any atom is 0.338 e. The minimum atomic E-state index is -0.701. The number of fused-ring (bicyclic) bond motifs is 1. The Hall–Kier alpha value is -3.80. The van der Waals surface area contributed by atoms with Gasteiger partial charge in [0.25, 0.3) is 5.56 Å². The molecular weight excluding hydrogens is 512 g/mol. The van der Waals surface area contributed by atoms with Crippen molar-refractivity contribution >= 4 is 35.0 Å². The molecule has 0 saturated heterocycles. The molecule has 0 aliphatic carbocycles. The average Bonchev–Trinajstić information content (AvgIpc) is 3.17. The summed E-state index contributed by atoms with van der Waals surface area (Å²) in [6.45, 7) is 6.11. The van der Waals surface area contributed by atoms with E-state index in [4.69, 9.17) is 32.2 Å². The summed E-state index contributed by atoms with van der Waals surface area (Å²) in [5, 5.41) is 0.550. The zero-order valence-corrected chi connectivity index (χ0v) is 22.2. The number of thiazole rings is 1. The zero-order valence-electron chi connectivity index (χ0n) is 20.6. The van der Waals surface area contributed by atoms with Crippen LogP contribution in [0.2, 0.25) is 5.02 Å². The minimum absolute atomic E-state index is 0.116. The van der Waals surface area contributed by atoms with Crippen LogP contribution in [0, 0.1) is 12.3 Å². The van der Waals surface area contributed by atoms with Gasteiger partial charge in [0, 0.05) is 5.02 Å². The third-order valence-electron chi connectivity index (χ3n) is 5.58. The summed E-state index contributed by atoms with van der Waals surface area (Å²) in [4.78, 5) is 31.8. The number of rotatable bonds is 8. The Kier molecular flexibility index (Phi) is 8.17. The first-order valence-electron chi connectivity index (χ1n) is 11.7. The fraction of sp³-hybridized carbons (Fsp3) is 0.250. The molecule has 9 heteroatoms. The van der Waals surface area contributed by atoms with Crippen molar-refractivity contribution in [3.8, 4) is 23.8 Å². The molecular formula is C28H25ClN2O5S. The molecule has 0 saturated carbocycles. The number of terminal acetylenes is 1. The second-order valence-corrected chi connectivity index (χ2v) is 9.43. The van der Waals surface area contributed by atoms with E-state index in [1.54, 1.807) is 56.3 Å². The van der Waals surface area contributed by atoms with Crippen molar-refractivity contribution in [2.24, 2.45) is 4.99 Å². The highest BCUT2D eigenvalue weighted by Gasteiger charge is 2.33. The summed E-state index contributed by atoms with van der Waals surface area (Å²) in [6, 6.07) is 11.7. The summed E-state index contributed by atoms with van der Waals surface area (Å²) in [5.41, 5.74) is 2.01. The maximum absolute atomic E-state index is 13.7. The van der Waals surface area contributed by atoms with Crippen molar-refractivity contribution < 1.29 is 19.0 Å². The summed E-state index contributed by atoms with van der Waals surface area (Å²) >= 11 is 7.35. The highest BCUT2D eigenvalue weighted by Crippen LogP contribution is 2.32. The van der Waals surface area contributed by atoms with E-state index in [1.807, 2.05) is 13.0 Å². The number of hydrogen-bond donors (Lipinski definition) is 0. The van der Waals surface area contributed by atoms with Crippen LogP contribution in [0.15, 0.2) is 63.5 Å². The van der Waals surface area contributed by atoms with Crippen LogP contribution in [0.3, 0.4) is 0 Å². The third-order valence-corrected chi connectivity index (χ3v) is 6.81. The lowest BCUT2D eigenvalue weighted by Crippen LogP contribution is -2.39. The molecule has 37 heavy (non-hydrogen) atoms. The number of carbonyl (C=O) groups is 1. The van der Waals surface area contributed by atoms with Gasteiger partial charge in [0.1, 0.15) is 6.61 Å². The van der Waals surface area contributed by atoms with Crippen LogP contribution in [0.4, 0.5) is 0 Å². The first kappa shape index (κ1) is 26.3. The molecule has 0 unspecified atom stereocenters. The predicted molar refractivity (Wildman–Crippen MR) is 144 cm³/mol. The van der Waals surface area contributed by atoms with Crippen molar-refractivity contribution in [3.63, 3.8) is 0 Å². The van der Waals surface area contributed by atoms with E-state index in [0.717, 1.165) is 11.1 Å². The van der Waals surface area contributed by atoms with Crippen molar-refractivity contribution in [1.29, 1.82) is 0 Å². The number of hydrogen-bond acceptors (Lipinski definition) is 7. The first-order valence-corrected chi connectivity index (χ1v) is 12.9. The van der Waals surface area contributed by atoms with E-state index in [1.165, 1.54) is 15.9 Å². The number of nitrogens with zero attached hydrogens (tertiary/aromatic N) is 2. The molecule has 0 amide bonds. The monoisotopic (exact) mass is 536 g/mol. The van der Waals surface area contributed by atoms with E-state index in [-0.39, 0.29) is 18.8 Å². The van der Waals surface area contributed by atoms with Crippen LogP contribution in [-0.4, -0.2) is 30.4 Å². The van der Waals surface area contributed by atoms with Gasteiger partial charge in [-0.15, -0.1) is 6.42 Å². The van der Waals surface area contributed by atoms with Crippen LogP contribution in [0.1, 0.15) is 37.9 Å². The molecule has 1 aromatic heterocycles. The molecule has 4 rings (SSSR count). The largest absolute Gasteiger partial charge is 0.490 e. The topological polar surface area (TPSA) is 79.1 Å². The van der Waals surface area contributed by atoms with Gasteiger partial charge in [-0.25, -0.2) is 9.79 Å². The molecule has 3 aromatic rings. The lowest BCUT2D eigenvalue weighted by Gasteiger charge is -2.24. The third kappa shape index (κ3) is 5.48. The van der Waals surface area contributed by atoms with Gasteiger partial charge in [0.15, 0.2) is 16.3 Å². The molecule has 190 valence electrons. The molecule has 0 fully saturated rings. The molecule has 1 aliphatic rings. The molecule has 0 N–H and O–H groups in total. The van der Waals surface area contributed by atoms with Gasteiger partial charge in [0.2, 0.25) is 0 Å². The Balaban J connectivity index is 1.87. The fourth-order valence-corrected chi connectivity index (χ4v) is 5.20. The second-order valence-electron chi connectivity index (χ2n) is 7.99. The lowest BCUT2D eigenvalue weighted by atomic mass is 9.96. The van der Waals surface area contributed by atoms with Crippen molar-refractivity contribution in [2.75, 3.05) is 19.8 Å². The number of esters is 1. The molecule has 1 atom stereocenters. The minimum Gasteiger partial charge on any atom is -0.490 e. The van der Waals surface area contributed by atoms with Crippen LogP contribution in [0.5, 0.6) is 11.5 Å². The Morgan fingerprint density at radius 2 is 1.92 bits per heavy atom. The van der Waals surface area contributed by atoms with E-state index in [0.29, 0.717) is 43.7 Å². The van der Waals surface area contributed by atoms with Gasteiger partial charge < -0.3 is 14.2 Å². The molecule has 0 spiro atoms. The number of carbonyl (C=O) groups excluding carboxylic acids is 1. The highest BCUT2D eigenvalue weighted by molar-refractivity contribution is 7.07. The molecule has 2 heterocycles. The van der Waals surface area contributed by atoms with Crippen LogP contribution in [-0.2, 0) is 9.53 Å². The highest BCUT2D eigenvalue weighted by atomic mass is 35.5. The van der Waals surface area contributed by atoms with E-state index in [2.05, 4.69) is 10.9 Å². The van der Waals surface area contributed by atoms with Gasteiger partial charge in [-0.05, 0) is 62.2 Å². The fourth-order valence-electron chi connectivity index (χ4n) is 4.02. The quantitative estimate of drug-likeness (QED) is 0.323. The Bertz CT molecular complexity index is 1580. The predicted octanol–water partition coefficient (Wildman–Crippen LogP) is 3.86. The molecule has 0 bridgehead atoms. The Morgan fingerprint density at radius 3 is 2.59 bits per heavy atom. The Morgan fingerprint density at radius 1 is 1.16 bits per heavy atom.